The van der Waals surface area contributed by atoms with Crippen molar-refractivity contribution in [3.8, 4) is 11.5 Å². The van der Waals surface area contributed by atoms with Crippen LogP contribution in [0.1, 0.15) is 17.2 Å². The maximum atomic E-state index is 10.2. The number of aliphatic hydroxyl groups is 4. The molecule has 1 fully saturated rings. The lowest BCUT2D eigenvalue weighted by molar-refractivity contribution is -0.231. The van der Waals surface area contributed by atoms with E-state index in [0.29, 0.717) is 17.1 Å². The van der Waals surface area contributed by atoms with Gasteiger partial charge in [0.05, 0.1) is 6.61 Å². The maximum absolute atomic E-state index is 10.2. The van der Waals surface area contributed by atoms with Gasteiger partial charge in [0, 0.05) is 0 Å². The van der Waals surface area contributed by atoms with Crippen LogP contribution in [-0.2, 0) is 4.74 Å². The van der Waals surface area contributed by atoms with E-state index in [2.05, 4.69) is 0 Å². The van der Waals surface area contributed by atoms with Crippen LogP contribution in [0.25, 0.3) is 0 Å². The SMILES string of the molecule is Cc1ccc(Oc2cccc([C@@H]3O[C@H](CO)[C@@H](O)[C@H](O)[C@H]3O)c2)cc1. The van der Waals surface area contributed by atoms with E-state index in [0.717, 1.165) is 5.56 Å². The Morgan fingerprint density at radius 1 is 0.920 bits per heavy atom. The molecular formula is C19H22O6. The third-order valence-corrected chi connectivity index (χ3v) is 4.34. The van der Waals surface area contributed by atoms with Gasteiger partial charge in [-0.05, 0) is 36.8 Å². The zero-order chi connectivity index (χ0) is 18.0. The number of rotatable bonds is 4. The van der Waals surface area contributed by atoms with Gasteiger partial charge in [0.1, 0.15) is 42.0 Å². The van der Waals surface area contributed by atoms with Crippen molar-refractivity contribution in [1.29, 1.82) is 0 Å². The molecule has 0 aliphatic carbocycles. The molecule has 0 spiro atoms. The highest BCUT2D eigenvalue weighted by atomic mass is 16.5. The summed E-state index contributed by atoms with van der Waals surface area (Å²) in [6.07, 6.45) is -5.91. The second-order valence-electron chi connectivity index (χ2n) is 6.24. The summed E-state index contributed by atoms with van der Waals surface area (Å²) in [6, 6.07) is 14.5. The summed E-state index contributed by atoms with van der Waals surface area (Å²) >= 11 is 0. The number of hydrogen-bond acceptors (Lipinski definition) is 6. The molecular weight excluding hydrogens is 324 g/mol. The molecule has 2 aromatic carbocycles. The van der Waals surface area contributed by atoms with Crippen LogP contribution in [0.5, 0.6) is 11.5 Å². The molecule has 1 saturated heterocycles. The van der Waals surface area contributed by atoms with Crippen molar-refractivity contribution in [2.75, 3.05) is 6.61 Å². The molecule has 0 aromatic heterocycles. The van der Waals surface area contributed by atoms with E-state index in [1.54, 1.807) is 24.3 Å². The highest BCUT2D eigenvalue weighted by Crippen LogP contribution is 2.34. The predicted molar refractivity (Wildman–Crippen MR) is 90.4 cm³/mol. The first kappa shape index (κ1) is 17.8. The molecule has 4 N–H and O–H groups in total. The minimum Gasteiger partial charge on any atom is -0.457 e. The van der Waals surface area contributed by atoms with E-state index in [9.17, 15) is 20.4 Å². The molecule has 6 heteroatoms. The van der Waals surface area contributed by atoms with Crippen LogP contribution in [0, 0.1) is 6.92 Å². The van der Waals surface area contributed by atoms with Crippen molar-refractivity contribution in [3.63, 3.8) is 0 Å². The lowest BCUT2D eigenvalue weighted by atomic mass is 9.91. The van der Waals surface area contributed by atoms with Gasteiger partial charge in [-0.15, -0.1) is 0 Å². The zero-order valence-corrected chi connectivity index (χ0v) is 13.8. The zero-order valence-electron chi connectivity index (χ0n) is 13.8. The first-order valence-corrected chi connectivity index (χ1v) is 8.14. The van der Waals surface area contributed by atoms with Gasteiger partial charge >= 0.3 is 0 Å². The Morgan fingerprint density at radius 3 is 2.32 bits per heavy atom. The molecule has 2 aromatic rings. The monoisotopic (exact) mass is 346 g/mol. The number of benzene rings is 2. The summed E-state index contributed by atoms with van der Waals surface area (Å²) in [5.41, 5.74) is 1.71. The van der Waals surface area contributed by atoms with E-state index in [1.165, 1.54) is 0 Å². The van der Waals surface area contributed by atoms with Crippen molar-refractivity contribution in [1.82, 2.24) is 0 Å². The van der Waals surface area contributed by atoms with Crippen molar-refractivity contribution in [3.05, 3.63) is 59.7 Å². The summed E-state index contributed by atoms with van der Waals surface area (Å²) < 4.78 is 11.4. The van der Waals surface area contributed by atoms with E-state index in [4.69, 9.17) is 9.47 Å². The predicted octanol–water partition coefficient (Wildman–Crippen LogP) is 1.30. The molecule has 0 bridgehead atoms. The molecule has 3 rings (SSSR count). The highest BCUT2D eigenvalue weighted by Gasteiger charge is 2.43. The van der Waals surface area contributed by atoms with Crippen molar-refractivity contribution >= 4 is 0 Å². The summed E-state index contributed by atoms with van der Waals surface area (Å²) in [6.45, 7) is 1.53. The van der Waals surface area contributed by atoms with Crippen LogP contribution in [0.2, 0.25) is 0 Å². The molecule has 134 valence electrons. The molecule has 1 aliphatic rings. The summed E-state index contributed by atoms with van der Waals surface area (Å²) in [5.74, 6) is 1.23. The molecule has 1 aliphatic heterocycles. The Balaban J connectivity index is 1.81. The standard InChI is InChI=1S/C19H22O6/c1-11-5-7-13(8-6-11)24-14-4-2-3-12(9-14)19-18(23)17(22)16(21)15(10-20)25-19/h2-9,15-23H,10H2,1H3/t15-,16-,17+,18-,19+/m1/s1. The third kappa shape index (κ3) is 3.84. The fourth-order valence-electron chi connectivity index (χ4n) is 2.87. The molecule has 0 saturated carbocycles. The van der Waals surface area contributed by atoms with Gasteiger partial charge in [-0.2, -0.15) is 0 Å². The summed E-state index contributed by atoms with van der Waals surface area (Å²) in [7, 11) is 0. The second-order valence-corrected chi connectivity index (χ2v) is 6.24. The van der Waals surface area contributed by atoms with E-state index < -0.39 is 37.1 Å². The van der Waals surface area contributed by atoms with Crippen molar-refractivity contribution in [2.45, 2.75) is 37.4 Å². The largest absolute Gasteiger partial charge is 0.457 e. The normalized spacial score (nSPS) is 29.4. The number of hydrogen-bond donors (Lipinski definition) is 4. The van der Waals surface area contributed by atoms with E-state index in [1.807, 2.05) is 31.2 Å². The topological polar surface area (TPSA) is 99.4 Å². The van der Waals surface area contributed by atoms with Gasteiger partial charge in [0.25, 0.3) is 0 Å². The van der Waals surface area contributed by atoms with Crippen LogP contribution in [-0.4, -0.2) is 51.4 Å². The van der Waals surface area contributed by atoms with Gasteiger partial charge in [0.15, 0.2) is 0 Å². The minimum atomic E-state index is -1.41. The van der Waals surface area contributed by atoms with Gasteiger partial charge in [-0.25, -0.2) is 0 Å². The third-order valence-electron chi connectivity index (χ3n) is 4.34. The van der Waals surface area contributed by atoms with Crippen LogP contribution in [0.4, 0.5) is 0 Å². The molecule has 0 radical (unpaired) electrons. The first-order valence-electron chi connectivity index (χ1n) is 8.14. The molecule has 1 heterocycles. The van der Waals surface area contributed by atoms with Gasteiger partial charge in [-0.1, -0.05) is 29.8 Å². The Bertz CT molecular complexity index is 699. The first-order chi connectivity index (χ1) is 12.0. The average Bonchev–Trinajstić information content (AvgIpc) is 2.62. The smallest absolute Gasteiger partial charge is 0.127 e. The fourth-order valence-corrected chi connectivity index (χ4v) is 2.87. The summed E-state index contributed by atoms with van der Waals surface area (Å²) in [5, 5.41) is 39.3. The Hall–Kier alpha value is -1.96. The average molecular weight is 346 g/mol. The van der Waals surface area contributed by atoms with Crippen molar-refractivity contribution < 1.29 is 29.9 Å². The highest BCUT2D eigenvalue weighted by molar-refractivity contribution is 5.36. The molecule has 25 heavy (non-hydrogen) atoms. The molecule has 5 atom stereocenters. The molecule has 0 amide bonds. The fraction of sp³-hybridized carbons (Fsp3) is 0.368. The van der Waals surface area contributed by atoms with Gasteiger partial charge < -0.3 is 29.9 Å². The summed E-state index contributed by atoms with van der Waals surface area (Å²) in [4.78, 5) is 0. The van der Waals surface area contributed by atoms with Gasteiger partial charge in [0.2, 0.25) is 0 Å². The van der Waals surface area contributed by atoms with Crippen LogP contribution < -0.4 is 4.74 Å². The van der Waals surface area contributed by atoms with Crippen molar-refractivity contribution in [2.24, 2.45) is 0 Å². The Morgan fingerprint density at radius 2 is 1.64 bits per heavy atom. The molecule has 6 nitrogen and oxygen atoms in total. The minimum absolute atomic E-state index is 0.457. The number of ether oxygens (including phenoxy) is 2. The lowest BCUT2D eigenvalue weighted by Gasteiger charge is -2.40. The Kier molecular flexibility index (Phi) is 5.36. The maximum Gasteiger partial charge on any atom is 0.127 e. The molecule has 0 unspecified atom stereocenters. The van der Waals surface area contributed by atoms with Crippen LogP contribution >= 0.6 is 0 Å². The van der Waals surface area contributed by atoms with Gasteiger partial charge in [-0.3, -0.25) is 0 Å². The number of aliphatic hydroxyl groups excluding tert-OH is 4. The quantitative estimate of drug-likeness (QED) is 0.666. The van der Waals surface area contributed by atoms with Crippen LogP contribution in [0.3, 0.4) is 0 Å². The van der Waals surface area contributed by atoms with E-state index >= 15 is 0 Å². The van der Waals surface area contributed by atoms with E-state index in [-0.39, 0.29) is 0 Å². The van der Waals surface area contributed by atoms with Crippen LogP contribution in [0.15, 0.2) is 48.5 Å². The second kappa shape index (κ2) is 7.51. The Labute approximate surface area is 145 Å². The number of aryl methyl sites for hydroxylation is 1. The lowest BCUT2D eigenvalue weighted by Crippen LogP contribution is -2.55.